The van der Waals surface area contributed by atoms with Crippen molar-refractivity contribution < 1.29 is 13.2 Å². The van der Waals surface area contributed by atoms with E-state index in [1.165, 1.54) is 6.07 Å². The molecule has 2 aromatic heterocycles. The zero-order valence-electron chi connectivity index (χ0n) is 15.6. The monoisotopic (exact) mass is 392 g/mol. The third-order valence-corrected chi connectivity index (χ3v) is 5.72. The summed E-state index contributed by atoms with van der Waals surface area (Å²) in [4.78, 5) is 18.3. The number of halogens is 3. The summed E-state index contributed by atoms with van der Waals surface area (Å²) in [5.41, 5.74) is 1.38. The summed E-state index contributed by atoms with van der Waals surface area (Å²) in [7, 11) is 0. The van der Waals surface area contributed by atoms with Crippen molar-refractivity contribution in [2.24, 2.45) is 5.92 Å². The molecule has 0 N–H and O–H groups in total. The van der Waals surface area contributed by atoms with Gasteiger partial charge in [-0.2, -0.15) is 18.3 Å². The second kappa shape index (κ2) is 7.56. The largest absolute Gasteiger partial charge is 0.417 e. The van der Waals surface area contributed by atoms with E-state index in [1.54, 1.807) is 10.7 Å². The Balaban J connectivity index is 1.38. The van der Waals surface area contributed by atoms with Crippen LogP contribution in [0.4, 0.5) is 19.0 Å². The van der Waals surface area contributed by atoms with Crippen LogP contribution in [0.1, 0.15) is 42.5 Å². The minimum Gasteiger partial charge on any atom is -0.357 e. The lowest BCUT2D eigenvalue weighted by Gasteiger charge is -2.33. The van der Waals surface area contributed by atoms with E-state index in [4.69, 9.17) is 0 Å². The van der Waals surface area contributed by atoms with Crippen LogP contribution in [0.2, 0.25) is 0 Å². The van der Waals surface area contributed by atoms with Gasteiger partial charge in [0.1, 0.15) is 5.82 Å². The van der Waals surface area contributed by atoms with E-state index in [1.807, 2.05) is 4.90 Å². The van der Waals surface area contributed by atoms with Gasteiger partial charge in [0.05, 0.1) is 11.3 Å². The molecule has 1 saturated heterocycles. The molecule has 0 unspecified atom stereocenters. The highest BCUT2D eigenvalue weighted by Gasteiger charge is 2.31. The van der Waals surface area contributed by atoms with Gasteiger partial charge in [0.15, 0.2) is 0 Å². The third-order valence-electron chi connectivity index (χ3n) is 5.72. The van der Waals surface area contributed by atoms with Gasteiger partial charge in [0.25, 0.3) is 5.56 Å². The van der Waals surface area contributed by atoms with Crippen molar-refractivity contribution in [3.8, 4) is 0 Å². The van der Waals surface area contributed by atoms with E-state index in [-0.39, 0.29) is 5.56 Å². The number of anilines is 1. The Kier molecular flexibility index (Phi) is 5.12. The number of pyridine rings is 1. The molecule has 2 aliphatic rings. The predicted molar refractivity (Wildman–Crippen MR) is 99.3 cm³/mol. The van der Waals surface area contributed by atoms with Crippen LogP contribution in [0.3, 0.4) is 0 Å². The summed E-state index contributed by atoms with van der Waals surface area (Å²) in [5, 5.41) is 4.59. The first-order chi connectivity index (χ1) is 13.4. The predicted octanol–water partition coefficient (Wildman–Crippen LogP) is 3.45. The van der Waals surface area contributed by atoms with Gasteiger partial charge in [-0.25, -0.2) is 9.67 Å². The zero-order chi connectivity index (χ0) is 19.7. The Morgan fingerprint density at radius 2 is 1.86 bits per heavy atom. The summed E-state index contributed by atoms with van der Waals surface area (Å²) < 4.78 is 39.6. The van der Waals surface area contributed by atoms with Crippen molar-refractivity contribution in [2.75, 3.05) is 18.0 Å². The van der Waals surface area contributed by atoms with Crippen molar-refractivity contribution in [1.82, 2.24) is 14.8 Å². The van der Waals surface area contributed by atoms with Crippen LogP contribution in [-0.4, -0.2) is 27.9 Å². The van der Waals surface area contributed by atoms with E-state index in [9.17, 15) is 18.0 Å². The van der Waals surface area contributed by atoms with Crippen LogP contribution in [0.25, 0.3) is 0 Å². The van der Waals surface area contributed by atoms with E-state index in [2.05, 4.69) is 10.1 Å². The van der Waals surface area contributed by atoms with E-state index in [0.29, 0.717) is 31.4 Å². The summed E-state index contributed by atoms with van der Waals surface area (Å²) in [5.74, 6) is 0.896. The van der Waals surface area contributed by atoms with E-state index >= 15 is 0 Å². The lowest BCUT2D eigenvalue weighted by Crippen LogP contribution is -2.37. The normalized spacial score (nSPS) is 18.2. The van der Waals surface area contributed by atoms with Crippen molar-refractivity contribution in [2.45, 2.75) is 51.2 Å². The summed E-state index contributed by atoms with van der Waals surface area (Å²) in [6.45, 7) is 2.02. The molecule has 8 heteroatoms. The highest BCUT2D eigenvalue weighted by molar-refractivity contribution is 5.40. The molecule has 28 heavy (non-hydrogen) atoms. The highest BCUT2D eigenvalue weighted by atomic mass is 19.4. The average Bonchev–Trinajstić information content (AvgIpc) is 2.69. The van der Waals surface area contributed by atoms with Gasteiger partial charge in [-0.1, -0.05) is 0 Å². The van der Waals surface area contributed by atoms with Crippen LogP contribution < -0.4 is 10.5 Å². The maximum absolute atomic E-state index is 12.7. The van der Waals surface area contributed by atoms with Crippen molar-refractivity contribution in [1.29, 1.82) is 0 Å². The van der Waals surface area contributed by atoms with Crippen LogP contribution in [-0.2, 0) is 25.6 Å². The quantitative estimate of drug-likeness (QED) is 0.803. The Labute approximate surface area is 161 Å². The molecule has 0 saturated carbocycles. The van der Waals surface area contributed by atoms with Gasteiger partial charge in [-0.3, -0.25) is 4.79 Å². The van der Waals surface area contributed by atoms with E-state index < -0.39 is 11.7 Å². The van der Waals surface area contributed by atoms with Gasteiger partial charge in [-0.05, 0) is 62.1 Å². The topological polar surface area (TPSA) is 51.0 Å². The number of rotatable bonds is 3. The fourth-order valence-corrected chi connectivity index (χ4v) is 4.06. The second-order valence-electron chi connectivity index (χ2n) is 7.68. The van der Waals surface area contributed by atoms with E-state index in [0.717, 1.165) is 62.0 Å². The number of aryl methyl sites for hydroxylation is 2. The zero-order valence-corrected chi connectivity index (χ0v) is 15.6. The number of aromatic nitrogens is 3. The fraction of sp³-hybridized carbons (Fsp3) is 0.550. The Bertz CT molecular complexity index is 884. The molecule has 0 radical (unpaired) electrons. The van der Waals surface area contributed by atoms with Crippen LogP contribution in [0.15, 0.2) is 29.2 Å². The number of fused-ring (bicyclic) bond motifs is 1. The summed E-state index contributed by atoms with van der Waals surface area (Å²) in [6.07, 6.45) is 2.35. The smallest absolute Gasteiger partial charge is 0.357 e. The molecule has 3 heterocycles. The average molecular weight is 392 g/mol. The molecule has 1 fully saturated rings. The van der Waals surface area contributed by atoms with Crippen LogP contribution >= 0.6 is 0 Å². The Morgan fingerprint density at radius 1 is 1.11 bits per heavy atom. The van der Waals surface area contributed by atoms with Crippen LogP contribution in [0, 0.1) is 5.92 Å². The van der Waals surface area contributed by atoms with Gasteiger partial charge in [0.2, 0.25) is 0 Å². The van der Waals surface area contributed by atoms with Crippen LogP contribution in [0.5, 0.6) is 0 Å². The molecule has 0 amide bonds. The number of hydrogen-bond donors (Lipinski definition) is 0. The maximum atomic E-state index is 12.7. The molecule has 0 aromatic carbocycles. The number of hydrogen-bond acceptors (Lipinski definition) is 4. The summed E-state index contributed by atoms with van der Waals surface area (Å²) >= 11 is 0. The minimum absolute atomic E-state index is 0.0347. The number of alkyl halides is 3. The molecule has 5 nitrogen and oxygen atoms in total. The molecule has 0 atom stereocenters. The van der Waals surface area contributed by atoms with Gasteiger partial charge in [0, 0.05) is 31.9 Å². The standard InChI is InChI=1S/C20H23F3N4O/c21-20(22,23)16-5-6-18(24-12-16)26-9-7-14(8-10-26)13-27-19(28)11-15-3-1-2-4-17(15)25-27/h5-6,11-12,14H,1-4,7-10,13H2. The fourth-order valence-electron chi connectivity index (χ4n) is 4.06. The maximum Gasteiger partial charge on any atom is 0.417 e. The van der Waals surface area contributed by atoms with Crippen molar-refractivity contribution in [3.63, 3.8) is 0 Å². The molecule has 2 aromatic rings. The molecule has 1 aliphatic carbocycles. The van der Waals surface area contributed by atoms with Gasteiger partial charge in [-0.15, -0.1) is 0 Å². The molecule has 4 rings (SSSR count). The second-order valence-corrected chi connectivity index (χ2v) is 7.68. The third kappa shape index (κ3) is 4.05. The highest BCUT2D eigenvalue weighted by Crippen LogP contribution is 2.30. The molecular formula is C20H23F3N4O. The SMILES string of the molecule is O=c1cc2c(nn1CC1CCN(c3ccc(C(F)(F)F)cn3)CC1)CCCC2. The first-order valence-corrected chi connectivity index (χ1v) is 9.78. The lowest BCUT2D eigenvalue weighted by molar-refractivity contribution is -0.137. The number of nitrogens with zero attached hydrogens (tertiary/aromatic N) is 4. The Hall–Kier alpha value is -2.38. The lowest BCUT2D eigenvalue weighted by atomic mass is 9.96. The molecule has 0 spiro atoms. The summed E-state index contributed by atoms with van der Waals surface area (Å²) in [6, 6.07) is 4.24. The molecule has 1 aliphatic heterocycles. The van der Waals surface area contributed by atoms with Gasteiger partial charge >= 0.3 is 6.18 Å². The Morgan fingerprint density at radius 3 is 2.54 bits per heavy atom. The first kappa shape index (κ1) is 19.0. The molecule has 0 bridgehead atoms. The van der Waals surface area contributed by atoms with Crippen molar-refractivity contribution in [3.05, 3.63) is 51.6 Å². The first-order valence-electron chi connectivity index (χ1n) is 9.78. The minimum atomic E-state index is -4.37. The molecule has 150 valence electrons. The van der Waals surface area contributed by atoms with Crippen molar-refractivity contribution >= 4 is 5.82 Å². The van der Waals surface area contributed by atoms with Gasteiger partial charge < -0.3 is 4.90 Å². The number of piperidine rings is 1. The molecular weight excluding hydrogens is 369 g/mol.